The quantitative estimate of drug-likeness (QED) is 0.640. The molecular formula is C9H19KN. The molecule has 11 heavy (non-hydrogen) atoms. The first-order valence-corrected chi connectivity index (χ1v) is 4.55. The molecule has 0 aliphatic heterocycles. The maximum absolute atomic E-state index is 3.58. The van der Waals surface area contributed by atoms with Crippen LogP contribution in [0.3, 0.4) is 0 Å². The van der Waals surface area contributed by atoms with Gasteiger partial charge in [0.2, 0.25) is 0 Å². The third kappa shape index (κ3) is 5.78. The Balaban J connectivity index is 0.000001000. The van der Waals surface area contributed by atoms with Crippen molar-refractivity contribution in [3.8, 4) is 0 Å². The minimum atomic E-state index is 0. The molecule has 1 N–H and O–H groups in total. The average Bonchev–Trinajstić information content (AvgIpc) is 1.88. The van der Waals surface area contributed by atoms with E-state index in [0.29, 0.717) is 6.04 Å². The van der Waals surface area contributed by atoms with E-state index in [2.05, 4.69) is 19.2 Å². The van der Waals surface area contributed by atoms with Crippen LogP contribution in [0.1, 0.15) is 46.0 Å². The average molecular weight is 180 g/mol. The Morgan fingerprint density at radius 2 is 1.64 bits per heavy atom. The Labute approximate surface area is 113 Å². The molecule has 0 aromatic rings. The first kappa shape index (κ1) is 12.6. The zero-order chi connectivity index (χ0) is 7.40. The molecule has 0 spiro atoms. The summed E-state index contributed by atoms with van der Waals surface area (Å²) in [5.74, 6) is 0. The Morgan fingerprint density at radius 3 is 2.09 bits per heavy atom. The van der Waals surface area contributed by atoms with Crippen molar-refractivity contribution in [2.75, 3.05) is 0 Å². The molecule has 0 atom stereocenters. The van der Waals surface area contributed by atoms with Crippen molar-refractivity contribution < 1.29 is 0 Å². The van der Waals surface area contributed by atoms with E-state index in [9.17, 15) is 0 Å². The van der Waals surface area contributed by atoms with Crippen molar-refractivity contribution in [2.45, 2.75) is 58.0 Å². The van der Waals surface area contributed by atoms with Gasteiger partial charge < -0.3 is 5.32 Å². The van der Waals surface area contributed by atoms with E-state index >= 15 is 0 Å². The van der Waals surface area contributed by atoms with Crippen molar-refractivity contribution in [3.05, 3.63) is 0 Å². The summed E-state index contributed by atoms with van der Waals surface area (Å²) >= 11 is 0. The van der Waals surface area contributed by atoms with Gasteiger partial charge in [-0.1, -0.05) is 33.1 Å². The third-order valence-corrected chi connectivity index (χ3v) is 2.17. The molecule has 1 nitrogen and oxygen atoms in total. The molecule has 1 saturated carbocycles. The fraction of sp³-hybridized carbons (Fsp3) is 1.00. The second kappa shape index (κ2) is 7.04. The second-order valence-electron chi connectivity index (χ2n) is 3.66. The molecule has 1 aliphatic rings. The second-order valence-corrected chi connectivity index (χ2v) is 3.66. The van der Waals surface area contributed by atoms with Crippen molar-refractivity contribution in [1.29, 1.82) is 0 Å². The van der Waals surface area contributed by atoms with Gasteiger partial charge in [-0.3, -0.25) is 0 Å². The maximum Gasteiger partial charge on any atom is 0.00694 e. The minimum absolute atomic E-state index is 0. The van der Waals surface area contributed by atoms with Gasteiger partial charge in [0.25, 0.3) is 0 Å². The van der Waals surface area contributed by atoms with Crippen LogP contribution in [0.2, 0.25) is 0 Å². The monoisotopic (exact) mass is 180 g/mol. The Morgan fingerprint density at radius 1 is 1.09 bits per heavy atom. The van der Waals surface area contributed by atoms with Gasteiger partial charge in [-0.15, -0.1) is 0 Å². The standard InChI is InChI=1S/C9H19N.K/c1-8(2)10-9-6-4-3-5-7-9;/h8-10H,3-7H2,1-2H3;. The van der Waals surface area contributed by atoms with Gasteiger partial charge in [0.1, 0.15) is 0 Å². The van der Waals surface area contributed by atoms with Crippen LogP contribution < -0.4 is 5.32 Å². The number of nitrogens with one attached hydrogen (secondary N) is 1. The van der Waals surface area contributed by atoms with Crippen LogP contribution in [0.4, 0.5) is 0 Å². The summed E-state index contributed by atoms with van der Waals surface area (Å²) in [7, 11) is 0. The summed E-state index contributed by atoms with van der Waals surface area (Å²) in [5, 5.41) is 3.58. The molecule has 0 unspecified atom stereocenters. The van der Waals surface area contributed by atoms with Crippen molar-refractivity contribution >= 4 is 51.4 Å². The van der Waals surface area contributed by atoms with Crippen LogP contribution in [0.5, 0.6) is 0 Å². The number of hydrogen-bond donors (Lipinski definition) is 1. The molecule has 61 valence electrons. The smallest absolute Gasteiger partial charge is 0.00694 e. The molecule has 0 heterocycles. The predicted octanol–water partition coefficient (Wildman–Crippen LogP) is 1.94. The van der Waals surface area contributed by atoms with Gasteiger partial charge >= 0.3 is 0 Å². The summed E-state index contributed by atoms with van der Waals surface area (Å²) < 4.78 is 0. The van der Waals surface area contributed by atoms with Gasteiger partial charge in [0.05, 0.1) is 0 Å². The first-order chi connectivity index (χ1) is 4.79. The van der Waals surface area contributed by atoms with E-state index in [0.717, 1.165) is 6.04 Å². The molecule has 1 fully saturated rings. The SMILES string of the molecule is CC(C)NC1CCCCC1.[K]. The van der Waals surface area contributed by atoms with Crippen LogP contribution in [0.25, 0.3) is 0 Å². The van der Waals surface area contributed by atoms with Gasteiger partial charge in [-0.2, -0.15) is 0 Å². The molecule has 2 heteroatoms. The Bertz CT molecular complexity index is 87.6. The number of rotatable bonds is 2. The summed E-state index contributed by atoms with van der Waals surface area (Å²) in [4.78, 5) is 0. The Hall–Kier alpha value is 1.60. The van der Waals surface area contributed by atoms with E-state index in [1.165, 1.54) is 32.1 Å². The minimum Gasteiger partial charge on any atom is -0.312 e. The van der Waals surface area contributed by atoms with E-state index < -0.39 is 0 Å². The van der Waals surface area contributed by atoms with Gasteiger partial charge in [0.15, 0.2) is 0 Å². The van der Waals surface area contributed by atoms with Crippen LogP contribution in [0.15, 0.2) is 0 Å². The molecule has 0 amide bonds. The van der Waals surface area contributed by atoms with Crippen LogP contribution in [-0.4, -0.2) is 63.5 Å². The third-order valence-electron chi connectivity index (χ3n) is 2.17. The molecule has 0 aromatic carbocycles. The largest absolute Gasteiger partial charge is 0.312 e. The molecule has 1 rings (SSSR count). The molecule has 0 saturated heterocycles. The van der Waals surface area contributed by atoms with Crippen molar-refractivity contribution in [2.24, 2.45) is 0 Å². The Kier molecular flexibility index (Phi) is 8.07. The van der Waals surface area contributed by atoms with E-state index in [1.807, 2.05) is 0 Å². The fourth-order valence-corrected chi connectivity index (χ4v) is 1.74. The van der Waals surface area contributed by atoms with E-state index in [4.69, 9.17) is 0 Å². The van der Waals surface area contributed by atoms with Crippen LogP contribution in [0, 0.1) is 0 Å². The van der Waals surface area contributed by atoms with Gasteiger partial charge in [-0.25, -0.2) is 0 Å². The molecule has 1 radical (unpaired) electrons. The van der Waals surface area contributed by atoms with Crippen LogP contribution in [-0.2, 0) is 0 Å². The molecule has 0 bridgehead atoms. The fourth-order valence-electron chi connectivity index (χ4n) is 1.74. The zero-order valence-electron chi connectivity index (χ0n) is 8.19. The molecular weight excluding hydrogens is 161 g/mol. The van der Waals surface area contributed by atoms with Crippen molar-refractivity contribution in [3.63, 3.8) is 0 Å². The van der Waals surface area contributed by atoms with Gasteiger partial charge in [-0.05, 0) is 12.8 Å². The number of hydrogen-bond acceptors (Lipinski definition) is 1. The van der Waals surface area contributed by atoms with Crippen LogP contribution >= 0.6 is 0 Å². The van der Waals surface area contributed by atoms with Crippen molar-refractivity contribution in [1.82, 2.24) is 5.32 Å². The normalized spacial score (nSPS) is 19.9. The summed E-state index contributed by atoms with van der Waals surface area (Å²) in [6.07, 6.45) is 7.13. The van der Waals surface area contributed by atoms with Gasteiger partial charge in [0, 0.05) is 63.5 Å². The van der Waals surface area contributed by atoms with E-state index in [-0.39, 0.29) is 51.4 Å². The summed E-state index contributed by atoms with van der Waals surface area (Å²) in [6.45, 7) is 4.46. The first-order valence-electron chi connectivity index (χ1n) is 4.55. The summed E-state index contributed by atoms with van der Waals surface area (Å²) in [5.41, 5.74) is 0. The predicted molar refractivity (Wildman–Crippen MR) is 50.9 cm³/mol. The summed E-state index contributed by atoms with van der Waals surface area (Å²) in [6, 6.07) is 1.50. The topological polar surface area (TPSA) is 12.0 Å². The molecule has 0 aromatic heterocycles. The molecule has 1 aliphatic carbocycles. The zero-order valence-corrected chi connectivity index (χ0v) is 11.3. The maximum atomic E-state index is 3.58. The van der Waals surface area contributed by atoms with E-state index in [1.54, 1.807) is 0 Å².